The van der Waals surface area contributed by atoms with Crippen LogP contribution in [0.1, 0.15) is 40.5 Å². The molecule has 126 valence electrons. The van der Waals surface area contributed by atoms with E-state index in [9.17, 15) is 14.0 Å². The average molecular weight is 330 g/mol. The lowest BCUT2D eigenvalue weighted by atomic mass is 9.98. The molecule has 4 N–H and O–H groups in total. The number of amides is 2. The van der Waals surface area contributed by atoms with Crippen LogP contribution in [0.3, 0.4) is 0 Å². The third-order valence-electron chi connectivity index (χ3n) is 4.15. The van der Waals surface area contributed by atoms with E-state index in [1.165, 1.54) is 12.1 Å². The molecule has 0 radical (unpaired) electrons. The largest absolute Gasteiger partial charge is 0.369 e. The number of nitrogens with zero attached hydrogens (tertiary/aromatic N) is 1. The number of nitrogens with one attached hydrogen (secondary N) is 2. The molecule has 0 bridgehead atoms. The lowest BCUT2D eigenvalue weighted by Crippen LogP contribution is -2.37. The van der Waals surface area contributed by atoms with E-state index in [-0.39, 0.29) is 18.3 Å². The number of rotatable bonds is 7. The maximum atomic E-state index is 12.9. The summed E-state index contributed by atoms with van der Waals surface area (Å²) < 4.78 is 12.9. The Morgan fingerprint density at radius 2 is 2.04 bits per heavy atom. The van der Waals surface area contributed by atoms with Gasteiger partial charge in [0.25, 0.3) is 5.91 Å². The molecule has 1 aromatic carbocycles. The molecular weight excluding hydrogens is 311 g/mol. The number of halogens is 1. The van der Waals surface area contributed by atoms with Crippen LogP contribution in [0.25, 0.3) is 0 Å². The molecule has 24 heavy (non-hydrogen) atoms. The van der Waals surface area contributed by atoms with Crippen LogP contribution in [-0.2, 0) is 11.2 Å². The second-order valence-electron chi connectivity index (χ2n) is 6.12. The first-order valence-electron chi connectivity index (χ1n) is 7.90. The van der Waals surface area contributed by atoms with Crippen LogP contribution in [0.5, 0.6) is 0 Å². The Balaban J connectivity index is 1.57. The van der Waals surface area contributed by atoms with E-state index >= 15 is 0 Å². The summed E-state index contributed by atoms with van der Waals surface area (Å²) in [6.07, 6.45) is 2.57. The van der Waals surface area contributed by atoms with Gasteiger partial charge in [-0.3, -0.25) is 14.7 Å². The monoisotopic (exact) mass is 330 g/mol. The number of H-pyrrole nitrogens is 1. The van der Waals surface area contributed by atoms with E-state index < -0.39 is 11.8 Å². The molecule has 1 saturated carbocycles. The lowest BCUT2D eigenvalue weighted by Gasteiger charge is -2.14. The van der Waals surface area contributed by atoms with Crippen molar-refractivity contribution >= 4 is 11.8 Å². The number of aromatic nitrogens is 2. The number of carbonyl (C=O) groups is 2. The zero-order valence-corrected chi connectivity index (χ0v) is 13.1. The summed E-state index contributed by atoms with van der Waals surface area (Å²) in [6, 6.07) is 7.60. The van der Waals surface area contributed by atoms with Crippen molar-refractivity contribution in [2.75, 3.05) is 6.54 Å². The number of hydrogen-bond acceptors (Lipinski definition) is 3. The SMILES string of the molecule is NC(=O)C(CNC(=O)c1cc(C2CC2)[nH]n1)Cc1ccc(F)cc1. The Bertz CT molecular complexity index is 737. The molecule has 1 aromatic heterocycles. The van der Waals surface area contributed by atoms with E-state index in [0.717, 1.165) is 24.1 Å². The van der Waals surface area contributed by atoms with Crippen molar-refractivity contribution in [3.8, 4) is 0 Å². The quantitative estimate of drug-likeness (QED) is 0.717. The van der Waals surface area contributed by atoms with E-state index in [2.05, 4.69) is 15.5 Å². The number of nitrogens with two attached hydrogens (primary N) is 1. The Morgan fingerprint density at radius 3 is 2.67 bits per heavy atom. The second-order valence-corrected chi connectivity index (χ2v) is 6.12. The van der Waals surface area contributed by atoms with Gasteiger partial charge in [-0.15, -0.1) is 0 Å². The maximum Gasteiger partial charge on any atom is 0.271 e. The summed E-state index contributed by atoms with van der Waals surface area (Å²) in [6.45, 7) is 0.108. The van der Waals surface area contributed by atoms with Gasteiger partial charge in [-0.05, 0) is 43.0 Å². The number of aromatic amines is 1. The van der Waals surface area contributed by atoms with Crippen molar-refractivity contribution in [3.63, 3.8) is 0 Å². The van der Waals surface area contributed by atoms with E-state index in [1.807, 2.05) is 0 Å². The van der Waals surface area contributed by atoms with E-state index in [0.29, 0.717) is 18.0 Å². The predicted octanol–water partition coefficient (Wildman–Crippen LogP) is 1.50. The summed E-state index contributed by atoms with van der Waals surface area (Å²) in [5.74, 6) is -1.28. The number of benzene rings is 1. The Labute approximate surface area is 138 Å². The van der Waals surface area contributed by atoms with E-state index in [4.69, 9.17) is 5.73 Å². The number of carbonyl (C=O) groups excluding carboxylic acids is 2. The van der Waals surface area contributed by atoms with Gasteiger partial charge in [0, 0.05) is 18.2 Å². The normalized spacial score (nSPS) is 15.0. The molecule has 2 amide bonds. The van der Waals surface area contributed by atoms with Crippen molar-refractivity contribution in [2.24, 2.45) is 11.7 Å². The smallest absolute Gasteiger partial charge is 0.271 e. The molecule has 0 saturated heterocycles. The first-order chi connectivity index (χ1) is 11.5. The molecule has 6 nitrogen and oxygen atoms in total. The minimum atomic E-state index is -0.568. The fourth-order valence-electron chi connectivity index (χ4n) is 2.54. The summed E-state index contributed by atoms with van der Waals surface area (Å²) in [4.78, 5) is 23.7. The van der Waals surface area contributed by atoms with Crippen molar-refractivity contribution < 1.29 is 14.0 Å². The van der Waals surface area contributed by atoms with Crippen LogP contribution < -0.4 is 11.1 Å². The number of primary amides is 1. The van der Waals surface area contributed by atoms with E-state index in [1.54, 1.807) is 18.2 Å². The number of hydrogen-bond donors (Lipinski definition) is 3. The van der Waals surface area contributed by atoms with Crippen LogP contribution in [0.15, 0.2) is 30.3 Å². The van der Waals surface area contributed by atoms with Crippen LogP contribution in [0, 0.1) is 11.7 Å². The fraction of sp³-hybridized carbons (Fsp3) is 0.353. The summed E-state index contributed by atoms with van der Waals surface area (Å²) in [5, 5.41) is 9.55. The molecular formula is C17H19FN4O2. The van der Waals surface area contributed by atoms with Gasteiger partial charge < -0.3 is 11.1 Å². The molecule has 1 atom stereocenters. The molecule has 3 rings (SSSR count). The molecule has 0 aliphatic heterocycles. The van der Waals surface area contributed by atoms with Gasteiger partial charge in [0.05, 0.1) is 5.92 Å². The maximum absolute atomic E-state index is 12.9. The minimum Gasteiger partial charge on any atom is -0.369 e. The highest BCUT2D eigenvalue weighted by Gasteiger charge is 2.26. The first kappa shape index (κ1) is 16.2. The van der Waals surface area contributed by atoms with Crippen LogP contribution >= 0.6 is 0 Å². The standard InChI is InChI=1S/C17H19FN4O2/c18-13-5-1-10(2-6-13)7-12(16(19)23)9-20-17(24)15-8-14(21-22-15)11-3-4-11/h1-2,5-6,8,11-12H,3-4,7,9H2,(H2,19,23)(H,20,24)(H,21,22). The summed E-state index contributed by atoms with van der Waals surface area (Å²) >= 11 is 0. The highest BCUT2D eigenvalue weighted by atomic mass is 19.1. The lowest BCUT2D eigenvalue weighted by molar-refractivity contribution is -0.121. The predicted molar refractivity (Wildman–Crippen MR) is 85.7 cm³/mol. The molecule has 1 fully saturated rings. The van der Waals surface area contributed by atoms with Crippen molar-refractivity contribution in [1.82, 2.24) is 15.5 Å². The van der Waals surface area contributed by atoms with Gasteiger partial charge in [0.15, 0.2) is 0 Å². The zero-order chi connectivity index (χ0) is 17.1. The third-order valence-corrected chi connectivity index (χ3v) is 4.15. The van der Waals surface area contributed by atoms with Gasteiger partial charge in [-0.25, -0.2) is 4.39 Å². The molecule has 0 spiro atoms. The molecule has 7 heteroatoms. The van der Waals surface area contributed by atoms with Gasteiger partial charge in [0.1, 0.15) is 11.5 Å². The average Bonchev–Trinajstić information content (AvgIpc) is 3.29. The van der Waals surface area contributed by atoms with Crippen LogP contribution in [0.2, 0.25) is 0 Å². The fourth-order valence-corrected chi connectivity index (χ4v) is 2.54. The van der Waals surface area contributed by atoms with Crippen LogP contribution in [-0.4, -0.2) is 28.6 Å². The van der Waals surface area contributed by atoms with Crippen molar-refractivity contribution in [3.05, 3.63) is 53.1 Å². The third kappa shape index (κ3) is 3.98. The molecule has 2 aromatic rings. The molecule has 1 heterocycles. The summed E-state index contributed by atoms with van der Waals surface area (Å²) in [7, 11) is 0. The van der Waals surface area contributed by atoms with Crippen molar-refractivity contribution in [2.45, 2.75) is 25.2 Å². The Hall–Kier alpha value is -2.70. The van der Waals surface area contributed by atoms with Gasteiger partial charge in [0.2, 0.25) is 5.91 Å². The first-order valence-corrected chi connectivity index (χ1v) is 7.90. The van der Waals surface area contributed by atoms with Crippen molar-refractivity contribution in [1.29, 1.82) is 0 Å². The Kier molecular flexibility index (Phi) is 4.59. The minimum absolute atomic E-state index is 0.108. The van der Waals surface area contributed by atoms with Crippen LogP contribution in [0.4, 0.5) is 4.39 Å². The highest BCUT2D eigenvalue weighted by Crippen LogP contribution is 2.38. The van der Waals surface area contributed by atoms with Gasteiger partial charge >= 0.3 is 0 Å². The molecule has 1 aliphatic carbocycles. The Morgan fingerprint density at radius 1 is 1.33 bits per heavy atom. The topological polar surface area (TPSA) is 101 Å². The summed E-state index contributed by atoms with van der Waals surface area (Å²) in [5.41, 5.74) is 7.47. The van der Waals surface area contributed by atoms with Gasteiger partial charge in [-0.2, -0.15) is 5.10 Å². The molecule has 1 aliphatic rings. The second kappa shape index (κ2) is 6.82. The zero-order valence-electron chi connectivity index (χ0n) is 13.1. The molecule has 1 unspecified atom stereocenters. The van der Waals surface area contributed by atoms with Gasteiger partial charge in [-0.1, -0.05) is 12.1 Å². The highest BCUT2D eigenvalue weighted by molar-refractivity contribution is 5.92.